The van der Waals surface area contributed by atoms with Gasteiger partial charge >= 0.3 is 18.0 Å². The van der Waals surface area contributed by atoms with E-state index in [4.69, 9.17) is 16.3 Å². The topological polar surface area (TPSA) is 9.23 Å². The van der Waals surface area contributed by atoms with Gasteiger partial charge in [0.1, 0.15) is 0 Å². The predicted molar refractivity (Wildman–Crippen MR) is 66.4 cm³/mol. The second kappa shape index (κ2) is 5.88. The van der Waals surface area contributed by atoms with E-state index in [-0.39, 0.29) is 10.6 Å². The maximum absolute atomic E-state index is 13.9. The van der Waals surface area contributed by atoms with E-state index in [9.17, 15) is 30.7 Å². The fourth-order valence-corrected chi connectivity index (χ4v) is 2.05. The first kappa shape index (κ1) is 19.0. The minimum atomic E-state index is -6.13. The lowest BCUT2D eigenvalue weighted by Gasteiger charge is -2.38. The first-order valence-electron chi connectivity index (χ1n) is 5.90. The summed E-state index contributed by atoms with van der Waals surface area (Å²) in [6.45, 7) is 0.946. The third-order valence-corrected chi connectivity index (χ3v) is 3.64. The lowest BCUT2D eigenvalue weighted by atomic mass is 9.83. The average Bonchev–Trinajstić information content (AvgIpc) is 2.36. The third kappa shape index (κ3) is 3.48. The van der Waals surface area contributed by atoms with Crippen molar-refractivity contribution < 1.29 is 35.5 Å². The molecule has 0 fully saturated rings. The van der Waals surface area contributed by atoms with Crippen LogP contribution in [0.1, 0.15) is 18.9 Å². The molecule has 9 heteroatoms. The number of rotatable bonds is 4. The van der Waals surface area contributed by atoms with Crippen LogP contribution in [0.3, 0.4) is 0 Å². The summed E-state index contributed by atoms with van der Waals surface area (Å²) in [4.78, 5) is 0. The van der Waals surface area contributed by atoms with Gasteiger partial charge in [-0.3, -0.25) is 0 Å². The van der Waals surface area contributed by atoms with E-state index in [1.165, 1.54) is 24.3 Å². The van der Waals surface area contributed by atoms with E-state index in [0.29, 0.717) is 0 Å². The van der Waals surface area contributed by atoms with Crippen molar-refractivity contribution in [1.82, 2.24) is 0 Å². The molecule has 1 rings (SSSR count). The molecule has 1 unspecified atom stereocenters. The quantitative estimate of drug-likeness (QED) is 0.657. The second-order valence-corrected chi connectivity index (χ2v) is 5.35. The highest BCUT2D eigenvalue weighted by molar-refractivity contribution is 6.30. The van der Waals surface area contributed by atoms with E-state index in [1.54, 1.807) is 0 Å². The van der Waals surface area contributed by atoms with Gasteiger partial charge in [-0.2, -0.15) is 26.3 Å². The number of alkyl halides is 7. The van der Waals surface area contributed by atoms with Crippen LogP contribution in [0.25, 0.3) is 0 Å². The highest BCUT2D eigenvalue weighted by Crippen LogP contribution is 2.52. The minimum Gasteiger partial charge on any atom is -0.374 e. The van der Waals surface area contributed by atoms with Crippen LogP contribution in [0.5, 0.6) is 0 Å². The normalized spacial score (nSPS) is 16.5. The highest BCUT2D eigenvalue weighted by Gasteiger charge is 2.74. The Kier molecular flexibility index (Phi) is 5.09. The highest BCUT2D eigenvalue weighted by atomic mass is 35.5. The minimum absolute atomic E-state index is 0.0603. The molecule has 1 aromatic rings. The molecular formula is C13H12ClF7O. The van der Waals surface area contributed by atoms with Crippen LogP contribution in [0, 0.1) is 0 Å². The molecule has 0 saturated carbocycles. The number of halogens is 8. The fraction of sp³-hybridized carbons (Fsp3) is 0.538. The summed E-state index contributed by atoms with van der Waals surface area (Å²) in [6.07, 6.45) is -14.2. The van der Waals surface area contributed by atoms with Gasteiger partial charge in [0.2, 0.25) is 0 Å². The molecular weight excluding hydrogens is 341 g/mol. The Morgan fingerprint density at radius 2 is 1.32 bits per heavy atom. The average molecular weight is 353 g/mol. The molecule has 0 aliphatic heterocycles. The molecule has 1 atom stereocenters. The molecule has 0 spiro atoms. The van der Waals surface area contributed by atoms with E-state index in [2.05, 4.69) is 0 Å². The summed E-state index contributed by atoms with van der Waals surface area (Å²) in [5.41, 5.74) is -7.61. The van der Waals surface area contributed by atoms with Crippen LogP contribution < -0.4 is 0 Å². The molecule has 1 nitrogen and oxygen atoms in total. The SMILES string of the molecule is COC(C)(CC(F)(C(F)(F)F)C(F)(F)F)c1ccc(Cl)cc1. The molecule has 0 saturated heterocycles. The van der Waals surface area contributed by atoms with Crippen molar-refractivity contribution in [3.8, 4) is 0 Å². The van der Waals surface area contributed by atoms with Gasteiger partial charge in [0, 0.05) is 18.6 Å². The molecule has 0 aromatic heterocycles. The summed E-state index contributed by atoms with van der Waals surface area (Å²) >= 11 is 5.61. The molecule has 22 heavy (non-hydrogen) atoms. The molecule has 0 bridgehead atoms. The summed E-state index contributed by atoms with van der Waals surface area (Å²) < 4.78 is 94.7. The second-order valence-electron chi connectivity index (χ2n) is 4.92. The Morgan fingerprint density at radius 1 is 0.909 bits per heavy atom. The molecule has 0 N–H and O–H groups in total. The van der Waals surface area contributed by atoms with Crippen LogP contribution in [0.4, 0.5) is 30.7 Å². The molecule has 0 aliphatic carbocycles. The molecule has 0 radical (unpaired) electrons. The lowest BCUT2D eigenvalue weighted by Crippen LogP contribution is -2.56. The number of hydrogen-bond donors (Lipinski definition) is 0. The Bertz CT molecular complexity index is 495. The van der Waals surface area contributed by atoms with Gasteiger partial charge in [0.15, 0.2) is 0 Å². The Balaban J connectivity index is 3.32. The van der Waals surface area contributed by atoms with Crippen molar-refractivity contribution in [2.24, 2.45) is 0 Å². The lowest BCUT2D eigenvalue weighted by molar-refractivity contribution is -0.353. The van der Waals surface area contributed by atoms with E-state index < -0.39 is 30.0 Å². The molecule has 126 valence electrons. The number of methoxy groups -OCH3 is 1. The number of ether oxygens (including phenoxy) is 1. The summed E-state index contributed by atoms with van der Waals surface area (Å²) in [6, 6.07) is 4.88. The van der Waals surface area contributed by atoms with Gasteiger partial charge in [-0.15, -0.1) is 0 Å². The van der Waals surface area contributed by atoms with E-state index >= 15 is 0 Å². The van der Waals surface area contributed by atoms with Crippen molar-refractivity contribution in [2.75, 3.05) is 7.11 Å². The smallest absolute Gasteiger partial charge is 0.374 e. The first-order valence-corrected chi connectivity index (χ1v) is 6.28. The molecule has 0 heterocycles. The maximum atomic E-state index is 13.9. The Labute approximate surface area is 127 Å². The van der Waals surface area contributed by atoms with E-state index in [0.717, 1.165) is 14.0 Å². The zero-order valence-corrected chi connectivity index (χ0v) is 12.2. The Hall–Kier alpha value is -1.02. The maximum Gasteiger partial charge on any atom is 0.431 e. The molecule has 0 aliphatic rings. The number of benzene rings is 1. The standard InChI is InChI=1S/C13H12ClF7O/c1-10(22-2,8-3-5-9(14)6-4-8)7-11(15,12(16,17)18)13(19,20)21/h3-6H,7H2,1-2H3. The zero-order valence-electron chi connectivity index (χ0n) is 11.4. The van der Waals surface area contributed by atoms with Crippen molar-refractivity contribution >= 4 is 11.6 Å². The molecule has 1 aromatic carbocycles. The first-order chi connectivity index (χ1) is 9.77. The van der Waals surface area contributed by atoms with Gasteiger partial charge in [-0.05, 0) is 24.6 Å². The van der Waals surface area contributed by atoms with Crippen LogP contribution in [-0.2, 0) is 10.3 Å². The van der Waals surface area contributed by atoms with Gasteiger partial charge in [0.25, 0.3) is 0 Å². The molecule has 0 amide bonds. The number of hydrogen-bond acceptors (Lipinski definition) is 1. The van der Waals surface area contributed by atoms with Gasteiger partial charge < -0.3 is 4.74 Å². The third-order valence-electron chi connectivity index (χ3n) is 3.38. The summed E-state index contributed by atoms with van der Waals surface area (Å²) in [5.74, 6) is 0. The van der Waals surface area contributed by atoms with Crippen molar-refractivity contribution in [3.05, 3.63) is 34.9 Å². The van der Waals surface area contributed by atoms with Crippen molar-refractivity contribution in [3.63, 3.8) is 0 Å². The van der Waals surface area contributed by atoms with Crippen molar-refractivity contribution in [2.45, 2.75) is 37.0 Å². The monoisotopic (exact) mass is 352 g/mol. The van der Waals surface area contributed by atoms with Gasteiger partial charge in [-0.25, -0.2) is 4.39 Å². The summed E-state index contributed by atoms with van der Waals surface area (Å²) in [5, 5.41) is 0.223. The van der Waals surface area contributed by atoms with Crippen LogP contribution in [0.2, 0.25) is 5.02 Å². The van der Waals surface area contributed by atoms with Crippen molar-refractivity contribution in [1.29, 1.82) is 0 Å². The largest absolute Gasteiger partial charge is 0.431 e. The zero-order chi connectivity index (χ0) is 17.4. The fourth-order valence-electron chi connectivity index (χ4n) is 1.92. The van der Waals surface area contributed by atoms with Crippen LogP contribution in [-0.4, -0.2) is 25.1 Å². The van der Waals surface area contributed by atoms with E-state index in [1.807, 2.05) is 0 Å². The summed E-state index contributed by atoms with van der Waals surface area (Å²) in [7, 11) is 0.905. The predicted octanol–water partition coefficient (Wildman–Crippen LogP) is 5.42. The van der Waals surface area contributed by atoms with Gasteiger partial charge in [0.05, 0.1) is 5.60 Å². The van der Waals surface area contributed by atoms with Crippen LogP contribution in [0.15, 0.2) is 24.3 Å². The van der Waals surface area contributed by atoms with Gasteiger partial charge in [-0.1, -0.05) is 23.7 Å². The Morgan fingerprint density at radius 3 is 1.64 bits per heavy atom. The van der Waals surface area contributed by atoms with Crippen LogP contribution >= 0.6 is 11.6 Å².